The van der Waals surface area contributed by atoms with E-state index in [9.17, 15) is 9.59 Å². The van der Waals surface area contributed by atoms with Crippen molar-refractivity contribution in [1.82, 2.24) is 20.1 Å². The SMILES string of the molecule is CCn1ncc2c(NC3CCOCC3)c(C(=O)Nc3ccc(CNC(C)=O)cc3)cnc21. The zero-order chi connectivity index (χ0) is 22.5. The van der Waals surface area contributed by atoms with Crippen LogP contribution < -0.4 is 16.0 Å². The third-order valence-corrected chi connectivity index (χ3v) is 5.53. The second kappa shape index (κ2) is 9.78. The summed E-state index contributed by atoms with van der Waals surface area (Å²) in [5.74, 6) is -0.325. The van der Waals surface area contributed by atoms with Gasteiger partial charge in [-0.1, -0.05) is 12.1 Å². The molecule has 3 N–H and O–H groups in total. The van der Waals surface area contributed by atoms with Crippen molar-refractivity contribution in [2.75, 3.05) is 23.8 Å². The van der Waals surface area contributed by atoms with Crippen LogP contribution in [0.25, 0.3) is 11.0 Å². The summed E-state index contributed by atoms with van der Waals surface area (Å²) < 4.78 is 7.29. The highest BCUT2D eigenvalue weighted by molar-refractivity contribution is 6.12. The van der Waals surface area contributed by atoms with Gasteiger partial charge in [0.15, 0.2) is 5.65 Å². The fourth-order valence-electron chi connectivity index (χ4n) is 3.76. The van der Waals surface area contributed by atoms with Gasteiger partial charge < -0.3 is 20.7 Å². The Hall–Kier alpha value is -3.46. The molecule has 9 heteroatoms. The maximum atomic E-state index is 13.2. The first-order chi connectivity index (χ1) is 15.5. The maximum Gasteiger partial charge on any atom is 0.259 e. The van der Waals surface area contributed by atoms with Gasteiger partial charge in [-0.05, 0) is 37.5 Å². The zero-order valence-electron chi connectivity index (χ0n) is 18.4. The molecule has 4 rings (SSSR count). The Morgan fingerprint density at radius 2 is 1.91 bits per heavy atom. The van der Waals surface area contributed by atoms with E-state index < -0.39 is 0 Å². The number of nitrogens with zero attached hydrogens (tertiary/aromatic N) is 3. The standard InChI is InChI=1S/C23H28N6O3/c1-3-29-22-19(14-26-29)21(27-18-8-10-32-11-9-18)20(13-25-22)23(31)28-17-6-4-16(5-7-17)12-24-15(2)30/h4-7,13-14,18H,3,8-12H2,1-2H3,(H,24,30)(H,25,27)(H,28,31). The van der Waals surface area contributed by atoms with E-state index in [1.165, 1.54) is 6.92 Å². The van der Waals surface area contributed by atoms with Crippen LogP contribution in [0.5, 0.6) is 0 Å². The van der Waals surface area contributed by atoms with Crippen LogP contribution in [0.15, 0.2) is 36.7 Å². The lowest BCUT2D eigenvalue weighted by Crippen LogP contribution is -2.29. The van der Waals surface area contributed by atoms with E-state index in [4.69, 9.17) is 4.74 Å². The Balaban J connectivity index is 1.58. The molecule has 1 saturated heterocycles. The Bertz CT molecular complexity index is 1100. The van der Waals surface area contributed by atoms with Crippen molar-refractivity contribution in [3.63, 3.8) is 0 Å². The molecule has 0 atom stereocenters. The van der Waals surface area contributed by atoms with Gasteiger partial charge in [0.25, 0.3) is 5.91 Å². The molecule has 0 saturated carbocycles. The third-order valence-electron chi connectivity index (χ3n) is 5.53. The van der Waals surface area contributed by atoms with Crippen molar-refractivity contribution in [3.8, 4) is 0 Å². The molecule has 1 aromatic carbocycles. The molecule has 0 bridgehead atoms. The largest absolute Gasteiger partial charge is 0.381 e. The third kappa shape index (κ3) is 4.88. The maximum absolute atomic E-state index is 13.2. The first kappa shape index (κ1) is 21.8. The summed E-state index contributed by atoms with van der Waals surface area (Å²) in [7, 11) is 0. The number of benzene rings is 1. The highest BCUT2D eigenvalue weighted by Gasteiger charge is 2.22. The molecular formula is C23H28N6O3. The lowest BCUT2D eigenvalue weighted by atomic mass is 10.1. The molecule has 3 heterocycles. The van der Waals surface area contributed by atoms with E-state index in [1.54, 1.807) is 12.4 Å². The number of hydrogen-bond donors (Lipinski definition) is 3. The van der Waals surface area contributed by atoms with E-state index in [2.05, 4.69) is 26.0 Å². The zero-order valence-corrected chi connectivity index (χ0v) is 18.4. The monoisotopic (exact) mass is 436 g/mol. The molecular weight excluding hydrogens is 408 g/mol. The van der Waals surface area contributed by atoms with Gasteiger partial charge >= 0.3 is 0 Å². The average Bonchev–Trinajstić information content (AvgIpc) is 3.23. The molecule has 2 aromatic heterocycles. The van der Waals surface area contributed by atoms with Gasteiger partial charge in [0, 0.05) is 51.2 Å². The van der Waals surface area contributed by atoms with E-state index >= 15 is 0 Å². The first-order valence-corrected chi connectivity index (χ1v) is 10.9. The number of carbonyl (C=O) groups is 2. The molecule has 3 aromatic rings. The van der Waals surface area contributed by atoms with Gasteiger partial charge in [0.2, 0.25) is 5.91 Å². The molecule has 0 radical (unpaired) electrons. The number of anilines is 2. The van der Waals surface area contributed by atoms with Crippen LogP contribution in [0.1, 0.15) is 42.6 Å². The number of rotatable bonds is 7. The molecule has 32 heavy (non-hydrogen) atoms. The minimum Gasteiger partial charge on any atom is -0.381 e. The highest BCUT2D eigenvalue weighted by atomic mass is 16.5. The number of amides is 2. The summed E-state index contributed by atoms with van der Waals surface area (Å²) in [5.41, 5.74) is 3.60. The fourth-order valence-corrected chi connectivity index (χ4v) is 3.76. The number of nitrogens with one attached hydrogen (secondary N) is 3. The van der Waals surface area contributed by atoms with Gasteiger partial charge in [-0.2, -0.15) is 5.10 Å². The van der Waals surface area contributed by atoms with Crippen LogP contribution in [-0.4, -0.2) is 45.8 Å². The lowest BCUT2D eigenvalue weighted by Gasteiger charge is -2.25. The van der Waals surface area contributed by atoms with Gasteiger partial charge in [0.05, 0.1) is 22.8 Å². The predicted octanol–water partition coefficient (Wildman–Crippen LogP) is 2.93. The Morgan fingerprint density at radius 3 is 2.59 bits per heavy atom. The number of carbonyl (C=O) groups excluding carboxylic acids is 2. The van der Waals surface area contributed by atoms with E-state index in [-0.39, 0.29) is 17.9 Å². The highest BCUT2D eigenvalue weighted by Crippen LogP contribution is 2.29. The van der Waals surface area contributed by atoms with Crippen LogP contribution in [0.3, 0.4) is 0 Å². The molecule has 0 aliphatic carbocycles. The summed E-state index contributed by atoms with van der Waals surface area (Å²) in [4.78, 5) is 28.8. The molecule has 1 aliphatic heterocycles. The fraction of sp³-hybridized carbons (Fsp3) is 0.391. The number of hydrogen-bond acceptors (Lipinski definition) is 6. The van der Waals surface area contributed by atoms with Gasteiger partial charge in [-0.25, -0.2) is 9.67 Å². The van der Waals surface area contributed by atoms with Crippen molar-refractivity contribution < 1.29 is 14.3 Å². The van der Waals surface area contributed by atoms with Gasteiger partial charge in [-0.3, -0.25) is 9.59 Å². The Kier molecular flexibility index (Phi) is 6.65. The van der Waals surface area contributed by atoms with Crippen molar-refractivity contribution >= 4 is 34.2 Å². The summed E-state index contributed by atoms with van der Waals surface area (Å²) in [6.45, 7) is 6.04. The van der Waals surface area contributed by atoms with Crippen LogP contribution in [0.2, 0.25) is 0 Å². The predicted molar refractivity (Wildman–Crippen MR) is 123 cm³/mol. The van der Waals surface area contributed by atoms with Gasteiger partial charge in [0.1, 0.15) is 0 Å². The van der Waals surface area contributed by atoms with Crippen LogP contribution in [0.4, 0.5) is 11.4 Å². The minimum absolute atomic E-state index is 0.0822. The van der Waals surface area contributed by atoms with E-state index in [0.29, 0.717) is 37.6 Å². The van der Waals surface area contributed by atoms with E-state index in [0.717, 1.165) is 35.1 Å². The molecule has 2 amide bonds. The molecule has 1 fully saturated rings. The van der Waals surface area contributed by atoms with Crippen molar-refractivity contribution in [2.24, 2.45) is 0 Å². The molecule has 1 aliphatic rings. The smallest absolute Gasteiger partial charge is 0.259 e. The minimum atomic E-state index is -0.243. The Morgan fingerprint density at radius 1 is 1.16 bits per heavy atom. The van der Waals surface area contributed by atoms with Crippen LogP contribution in [0, 0.1) is 0 Å². The number of aromatic nitrogens is 3. The second-order valence-corrected chi connectivity index (χ2v) is 7.84. The molecule has 9 nitrogen and oxygen atoms in total. The molecule has 0 unspecified atom stereocenters. The lowest BCUT2D eigenvalue weighted by molar-refractivity contribution is -0.119. The summed E-state index contributed by atoms with van der Waals surface area (Å²) in [6.07, 6.45) is 5.13. The summed E-state index contributed by atoms with van der Waals surface area (Å²) in [5, 5.41) is 14.5. The van der Waals surface area contributed by atoms with Crippen LogP contribution in [-0.2, 0) is 22.6 Å². The van der Waals surface area contributed by atoms with Crippen molar-refractivity contribution in [1.29, 1.82) is 0 Å². The average molecular weight is 437 g/mol. The summed E-state index contributed by atoms with van der Waals surface area (Å²) >= 11 is 0. The number of ether oxygens (including phenoxy) is 1. The van der Waals surface area contributed by atoms with Gasteiger partial charge in [-0.15, -0.1) is 0 Å². The summed E-state index contributed by atoms with van der Waals surface area (Å²) in [6, 6.07) is 7.61. The van der Waals surface area contributed by atoms with Crippen molar-refractivity contribution in [2.45, 2.75) is 45.8 Å². The normalized spacial score (nSPS) is 14.3. The quantitative estimate of drug-likeness (QED) is 0.525. The molecule has 0 spiro atoms. The Labute approximate surface area is 186 Å². The first-order valence-electron chi connectivity index (χ1n) is 10.9. The van der Waals surface area contributed by atoms with Crippen LogP contribution >= 0.6 is 0 Å². The number of fused-ring (bicyclic) bond motifs is 1. The number of aryl methyl sites for hydroxylation is 1. The second-order valence-electron chi connectivity index (χ2n) is 7.84. The molecule has 168 valence electrons. The van der Waals surface area contributed by atoms with E-state index in [1.807, 2.05) is 35.9 Å². The number of pyridine rings is 1. The topological polar surface area (TPSA) is 110 Å². The van der Waals surface area contributed by atoms with Crippen molar-refractivity contribution in [3.05, 3.63) is 47.8 Å².